The summed E-state index contributed by atoms with van der Waals surface area (Å²) in [5, 5.41) is 7.27. The van der Waals surface area contributed by atoms with Crippen LogP contribution in [0, 0.1) is 19.3 Å². The van der Waals surface area contributed by atoms with Gasteiger partial charge in [-0.1, -0.05) is 38.0 Å². The Bertz CT molecular complexity index is 1040. The van der Waals surface area contributed by atoms with Crippen molar-refractivity contribution in [1.29, 1.82) is 0 Å². The lowest BCUT2D eigenvalue weighted by Crippen LogP contribution is -2.43. The number of hydrogen-bond donors (Lipinski definition) is 3. The van der Waals surface area contributed by atoms with Crippen LogP contribution in [0.15, 0.2) is 24.4 Å². The standard InChI is InChI=1S/C31H46N4O/c1-20-14-21(2)16-24(15-20)29-28(22(3)17-33-25-11-13-32-19-25)23(18-34-29)10-12-31(4,5)30(36)35-26-6-7-27(35)9-8-26/h14-16,18,22,25-27,32-34H,6-13,17,19H2,1-5H3/t22-,25?,26?,27?/m1/s1. The number of nitrogens with zero attached hydrogens (tertiary/aromatic N) is 1. The average molecular weight is 491 g/mol. The van der Waals surface area contributed by atoms with Gasteiger partial charge in [-0.3, -0.25) is 4.79 Å². The zero-order chi connectivity index (χ0) is 25.4. The summed E-state index contributed by atoms with van der Waals surface area (Å²) in [6.45, 7) is 14.2. The lowest BCUT2D eigenvalue weighted by Gasteiger charge is -2.32. The SMILES string of the molecule is Cc1cc(C)cc(-c2[nH]cc(CCC(C)(C)C(=O)N3C4CCC3CC4)c2[C@H](C)CNC2CCNC2)c1. The van der Waals surface area contributed by atoms with Crippen molar-refractivity contribution < 1.29 is 4.79 Å². The Morgan fingerprint density at radius 2 is 1.75 bits per heavy atom. The Morgan fingerprint density at radius 1 is 1.08 bits per heavy atom. The van der Waals surface area contributed by atoms with Crippen molar-refractivity contribution in [3.63, 3.8) is 0 Å². The zero-order valence-corrected chi connectivity index (χ0v) is 23.0. The number of aromatic amines is 1. The van der Waals surface area contributed by atoms with E-state index in [1.165, 1.54) is 65.6 Å². The summed E-state index contributed by atoms with van der Waals surface area (Å²) in [5.41, 5.74) is 7.56. The molecule has 3 aliphatic heterocycles. The number of rotatable bonds is 9. The summed E-state index contributed by atoms with van der Waals surface area (Å²) >= 11 is 0. The summed E-state index contributed by atoms with van der Waals surface area (Å²) in [5.74, 6) is 0.762. The van der Waals surface area contributed by atoms with Gasteiger partial charge in [-0.25, -0.2) is 0 Å². The fourth-order valence-corrected chi connectivity index (χ4v) is 7.03. The van der Waals surface area contributed by atoms with Crippen molar-refractivity contribution in [3.8, 4) is 11.3 Å². The lowest BCUT2D eigenvalue weighted by atomic mass is 9.83. The molecule has 3 N–H and O–H groups in total. The van der Waals surface area contributed by atoms with Crippen molar-refractivity contribution in [2.24, 2.45) is 5.41 Å². The molecule has 0 spiro atoms. The van der Waals surface area contributed by atoms with Crippen molar-refractivity contribution in [2.45, 2.75) is 104 Å². The molecular weight excluding hydrogens is 444 g/mol. The molecule has 1 aromatic heterocycles. The van der Waals surface area contributed by atoms with Gasteiger partial charge in [0.1, 0.15) is 0 Å². The van der Waals surface area contributed by atoms with Crippen molar-refractivity contribution in [2.75, 3.05) is 19.6 Å². The summed E-state index contributed by atoms with van der Waals surface area (Å²) in [6.07, 6.45) is 10.0. The fraction of sp³-hybridized carbons (Fsp3) is 0.645. The third-order valence-electron chi connectivity index (χ3n) is 9.07. The lowest BCUT2D eigenvalue weighted by molar-refractivity contribution is -0.142. The summed E-state index contributed by atoms with van der Waals surface area (Å²) in [7, 11) is 0. The van der Waals surface area contributed by atoms with Crippen LogP contribution in [-0.2, 0) is 11.2 Å². The van der Waals surface area contributed by atoms with Gasteiger partial charge in [-0.2, -0.15) is 0 Å². The maximum absolute atomic E-state index is 13.6. The highest BCUT2D eigenvalue weighted by atomic mass is 16.2. The van der Waals surface area contributed by atoms with E-state index in [0.29, 0.717) is 30.0 Å². The second kappa shape index (κ2) is 10.3. The quantitative estimate of drug-likeness (QED) is 0.437. The van der Waals surface area contributed by atoms with Gasteiger partial charge in [-0.05, 0) is 100 Å². The van der Waals surface area contributed by atoms with Crippen LogP contribution >= 0.6 is 0 Å². The van der Waals surface area contributed by atoms with E-state index in [0.717, 1.165) is 32.5 Å². The first kappa shape index (κ1) is 25.5. The van der Waals surface area contributed by atoms with Crippen LogP contribution in [0.3, 0.4) is 0 Å². The molecule has 0 aliphatic carbocycles. The van der Waals surface area contributed by atoms with Crippen molar-refractivity contribution in [3.05, 3.63) is 46.6 Å². The van der Waals surface area contributed by atoms with Gasteiger partial charge < -0.3 is 20.5 Å². The van der Waals surface area contributed by atoms with E-state index in [2.05, 4.69) is 79.5 Å². The van der Waals surface area contributed by atoms with E-state index in [-0.39, 0.29) is 5.41 Å². The Labute approximate surface area is 217 Å². The fourth-order valence-electron chi connectivity index (χ4n) is 7.03. The first-order chi connectivity index (χ1) is 17.2. The minimum Gasteiger partial charge on any atom is -0.361 e. The number of fused-ring (bicyclic) bond motifs is 2. The number of aryl methyl sites for hydroxylation is 3. The number of carbonyl (C=O) groups excluding carboxylic acids is 1. The number of amides is 1. The number of benzene rings is 1. The van der Waals surface area contributed by atoms with E-state index in [9.17, 15) is 4.79 Å². The van der Waals surface area contributed by atoms with Crippen molar-refractivity contribution >= 4 is 5.91 Å². The van der Waals surface area contributed by atoms with Crippen molar-refractivity contribution in [1.82, 2.24) is 20.5 Å². The van der Waals surface area contributed by atoms with Gasteiger partial charge in [0.15, 0.2) is 0 Å². The minimum absolute atomic E-state index is 0.336. The maximum Gasteiger partial charge on any atom is 0.228 e. The Hall–Kier alpha value is -2.11. The van der Waals surface area contributed by atoms with E-state index in [1.54, 1.807) is 0 Å². The van der Waals surface area contributed by atoms with E-state index in [4.69, 9.17) is 0 Å². The number of carbonyl (C=O) groups is 1. The Balaban J connectivity index is 1.37. The van der Waals surface area contributed by atoms with Crippen LogP contribution in [-0.4, -0.2) is 53.6 Å². The average Bonchev–Trinajstić information content (AvgIpc) is 3.64. The first-order valence-electron chi connectivity index (χ1n) is 14.3. The van der Waals surface area contributed by atoms with E-state index >= 15 is 0 Å². The molecule has 0 saturated carbocycles. The maximum atomic E-state index is 13.6. The minimum atomic E-state index is -0.336. The van der Waals surface area contributed by atoms with Gasteiger partial charge in [0, 0.05) is 48.5 Å². The highest BCUT2D eigenvalue weighted by molar-refractivity contribution is 5.83. The second-order valence-corrected chi connectivity index (χ2v) is 12.5. The first-order valence-corrected chi connectivity index (χ1v) is 14.3. The third kappa shape index (κ3) is 5.15. The molecule has 2 bridgehead atoms. The molecule has 5 heteroatoms. The molecule has 5 nitrogen and oxygen atoms in total. The molecule has 36 heavy (non-hydrogen) atoms. The molecule has 5 rings (SSSR count). The predicted molar refractivity (Wildman–Crippen MR) is 148 cm³/mol. The van der Waals surface area contributed by atoms with Gasteiger partial charge in [0.05, 0.1) is 0 Å². The molecular formula is C31H46N4O. The zero-order valence-electron chi connectivity index (χ0n) is 23.0. The molecule has 0 radical (unpaired) electrons. The number of aromatic nitrogens is 1. The molecule has 1 amide bonds. The second-order valence-electron chi connectivity index (χ2n) is 12.5. The van der Waals surface area contributed by atoms with E-state index < -0.39 is 0 Å². The topological polar surface area (TPSA) is 60.2 Å². The number of H-pyrrole nitrogens is 1. The molecule has 196 valence electrons. The Morgan fingerprint density at radius 3 is 2.36 bits per heavy atom. The predicted octanol–water partition coefficient (Wildman–Crippen LogP) is 5.47. The van der Waals surface area contributed by atoms with E-state index in [1.807, 2.05) is 0 Å². The highest BCUT2D eigenvalue weighted by Gasteiger charge is 2.46. The van der Waals surface area contributed by atoms with Crippen LogP contribution in [0.25, 0.3) is 11.3 Å². The van der Waals surface area contributed by atoms with Crippen LogP contribution in [0.2, 0.25) is 0 Å². The van der Waals surface area contributed by atoms with Crippen LogP contribution in [0.5, 0.6) is 0 Å². The largest absolute Gasteiger partial charge is 0.361 e. The normalized spacial score (nSPS) is 24.6. The molecule has 1 aromatic carbocycles. The summed E-state index contributed by atoms with van der Waals surface area (Å²) in [4.78, 5) is 19.5. The van der Waals surface area contributed by atoms with Gasteiger partial charge in [-0.15, -0.1) is 0 Å². The number of nitrogens with one attached hydrogen (secondary N) is 3. The smallest absolute Gasteiger partial charge is 0.228 e. The molecule has 2 aromatic rings. The van der Waals surface area contributed by atoms with Gasteiger partial charge in [0.25, 0.3) is 0 Å². The van der Waals surface area contributed by atoms with Gasteiger partial charge in [0.2, 0.25) is 5.91 Å². The van der Waals surface area contributed by atoms with Gasteiger partial charge >= 0.3 is 0 Å². The van der Waals surface area contributed by atoms with Crippen LogP contribution < -0.4 is 10.6 Å². The molecule has 4 heterocycles. The summed E-state index contributed by atoms with van der Waals surface area (Å²) < 4.78 is 0. The highest BCUT2D eigenvalue weighted by Crippen LogP contribution is 2.42. The molecule has 3 aliphatic rings. The van der Waals surface area contributed by atoms with Crippen LogP contribution in [0.4, 0.5) is 0 Å². The third-order valence-corrected chi connectivity index (χ3v) is 9.07. The molecule has 3 fully saturated rings. The molecule has 1 unspecified atom stereocenters. The number of hydrogen-bond acceptors (Lipinski definition) is 3. The molecule has 3 saturated heterocycles. The Kier molecular flexibility index (Phi) is 7.33. The summed E-state index contributed by atoms with van der Waals surface area (Å²) in [6, 6.07) is 8.39. The van der Waals surface area contributed by atoms with Crippen LogP contribution in [0.1, 0.15) is 87.5 Å². The molecule has 2 atom stereocenters. The monoisotopic (exact) mass is 490 g/mol.